The Balaban J connectivity index is 1.71. The minimum atomic E-state index is -0.285. The largest absolute Gasteiger partial charge is 0.296 e. The van der Waals surface area contributed by atoms with E-state index in [0.29, 0.717) is 16.4 Å². The van der Waals surface area contributed by atoms with Gasteiger partial charge in [-0.05, 0) is 24.3 Å². The number of hydrogen-bond acceptors (Lipinski definition) is 6. The number of carbonyl (C=O) groups excluding carboxylic acids is 1. The number of para-hydroxylation sites is 1. The first-order valence-electron chi connectivity index (χ1n) is 8.82. The van der Waals surface area contributed by atoms with Gasteiger partial charge in [0.1, 0.15) is 10.7 Å². The minimum Gasteiger partial charge on any atom is -0.296 e. The first-order valence-corrected chi connectivity index (χ1v) is 9.63. The third-order valence-corrected chi connectivity index (χ3v) is 5.21. The Morgan fingerprint density at radius 3 is 2.61 bits per heavy atom. The molecule has 0 saturated heterocycles. The Labute approximate surface area is 166 Å². The van der Waals surface area contributed by atoms with Gasteiger partial charge in [0, 0.05) is 30.1 Å². The quantitative estimate of drug-likeness (QED) is 0.553. The van der Waals surface area contributed by atoms with Gasteiger partial charge in [-0.25, -0.2) is 4.68 Å². The summed E-state index contributed by atoms with van der Waals surface area (Å²) in [5, 5.41) is 17.0. The van der Waals surface area contributed by atoms with Crippen molar-refractivity contribution in [3.05, 3.63) is 71.6 Å². The third-order valence-electron chi connectivity index (χ3n) is 4.07. The summed E-state index contributed by atoms with van der Waals surface area (Å²) in [6.45, 7) is 4.08. The summed E-state index contributed by atoms with van der Waals surface area (Å²) in [7, 11) is 0. The average Bonchev–Trinajstić information content (AvgIpc) is 3.37. The highest BCUT2D eigenvalue weighted by Crippen LogP contribution is 2.26. The fraction of sp³-hybridized carbons (Fsp3) is 0.150. The van der Waals surface area contributed by atoms with Crippen LogP contribution in [-0.2, 0) is 0 Å². The van der Waals surface area contributed by atoms with Gasteiger partial charge in [0.05, 0.1) is 11.3 Å². The van der Waals surface area contributed by atoms with Gasteiger partial charge in [0.25, 0.3) is 5.91 Å². The molecular formula is C20H18N6OS. The molecule has 3 heterocycles. The van der Waals surface area contributed by atoms with Crippen LogP contribution >= 0.6 is 11.3 Å². The predicted octanol–water partition coefficient (Wildman–Crippen LogP) is 4.16. The topological polar surface area (TPSA) is 85.6 Å². The Bertz CT molecular complexity index is 1090. The van der Waals surface area contributed by atoms with Crippen molar-refractivity contribution in [1.29, 1.82) is 0 Å². The van der Waals surface area contributed by atoms with E-state index >= 15 is 0 Å². The van der Waals surface area contributed by atoms with Gasteiger partial charge in [-0.1, -0.05) is 43.4 Å². The van der Waals surface area contributed by atoms with E-state index < -0.39 is 0 Å². The highest BCUT2D eigenvalue weighted by Gasteiger charge is 2.20. The summed E-state index contributed by atoms with van der Waals surface area (Å²) in [6.07, 6.45) is 5.10. The normalized spacial score (nSPS) is 11.0. The van der Waals surface area contributed by atoms with Crippen molar-refractivity contribution >= 4 is 22.4 Å². The smallest absolute Gasteiger partial charge is 0.261 e. The molecule has 0 fully saturated rings. The Morgan fingerprint density at radius 1 is 1.11 bits per heavy atom. The monoisotopic (exact) mass is 390 g/mol. The second-order valence-electron chi connectivity index (χ2n) is 6.47. The van der Waals surface area contributed by atoms with Crippen LogP contribution < -0.4 is 5.32 Å². The lowest BCUT2D eigenvalue weighted by Crippen LogP contribution is -2.12. The van der Waals surface area contributed by atoms with Crippen LogP contribution in [0.3, 0.4) is 0 Å². The van der Waals surface area contributed by atoms with Crippen LogP contribution in [0.15, 0.2) is 61.1 Å². The van der Waals surface area contributed by atoms with Crippen molar-refractivity contribution in [3.63, 3.8) is 0 Å². The molecule has 0 atom stereocenters. The van der Waals surface area contributed by atoms with E-state index in [4.69, 9.17) is 0 Å². The van der Waals surface area contributed by atoms with E-state index in [1.807, 2.05) is 56.3 Å². The Kier molecular flexibility index (Phi) is 4.94. The molecule has 7 nitrogen and oxygen atoms in total. The highest BCUT2D eigenvalue weighted by atomic mass is 32.1. The Morgan fingerprint density at radius 2 is 1.93 bits per heavy atom. The molecule has 0 aliphatic heterocycles. The molecular weight excluding hydrogens is 372 g/mol. The lowest BCUT2D eigenvalue weighted by atomic mass is 10.1. The van der Waals surface area contributed by atoms with Crippen molar-refractivity contribution in [1.82, 2.24) is 25.0 Å². The average molecular weight is 390 g/mol. The first kappa shape index (κ1) is 18.0. The van der Waals surface area contributed by atoms with Gasteiger partial charge < -0.3 is 0 Å². The van der Waals surface area contributed by atoms with Crippen molar-refractivity contribution in [2.75, 3.05) is 5.32 Å². The molecule has 28 heavy (non-hydrogen) atoms. The number of nitrogens with zero attached hydrogens (tertiary/aromatic N) is 5. The van der Waals surface area contributed by atoms with Gasteiger partial charge in [-0.15, -0.1) is 10.2 Å². The molecule has 0 saturated carbocycles. The maximum absolute atomic E-state index is 13.0. The van der Waals surface area contributed by atoms with E-state index in [0.717, 1.165) is 16.3 Å². The SMILES string of the molecule is CC(C)c1nnc(NC(=O)c2cn(-c3ccccc3)nc2-c2cccnc2)s1. The number of benzene rings is 1. The van der Waals surface area contributed by atoms with Crippen LogP contribution in [0.4, 0.5) is 5.13 Å². The van der Waals surface area contributed by atoms with Gasteiger partial charge in [-0.2, -0.15) is 5.10 Å². The molecule has 0 aliphatic carbocycles. The summed E-state index contributed by atoms with van der Waals surface area (Å²) in [5.41, 5.74) is 2.63. The van der Waals surface area contributed by atoms with E-state index in [9.17, 15) is 4.79 Å². The summed E-state index contributed by atoms with van der Waals surface area (Å²) < 4.78 is 1.69. The summed E-state index contributed by atoms with van der Waals surface area (Å²) in [5.74, 6) is -0.0255. The number of hydrogen-bond donors (Lipinski definition) is 1. The molecule has 4 aromatic rings. The Hall–Kier alpha value is -3.39. The van der Waals surface area contributed by atoms with Crippen molar-refractivity contribution in [2.45, 2.75) is 19.8 Å². The van der Waals surface area contributed by atoms with Crippen LogP contribution in [0.2, 0.25) is 0 Å². The number of amides is 1. The molecule has 8 heteroatoms. The van der Waals surface area contributed by atoms with E-state index in [1.54, 1.807) is 23.3 Å². The molecule has 1 amide bonds. The molecule has 1 aromatic carbocycles. The molecule has 140 valence electrons. The standard InChI is InChI=1S/C20H18N6OS/c1-13(2)19-23-24-20(28-19)22-18(27)16-12-26(15-8-4-3-5-9-15)25-17(16)14-7-6-10-21-11-14/h3-13H,1-2H3,(H,22,24,27). The fourth-order valence-corrected chi connectivity index (χ4v) is 3.39. The van der Waals surface area contributed by atoms with Crippen molar-refractivity contribution in [2.24, 2.45) is 0 Å². The van der Waals surface area contributed by atoms with E-state index in [2.05, 4.69) is 25.6 Å². The summed E-state index contributed by atoms with van der Waals surface area (Å²) in [6, 6.07) is 13.3. The zero-order chi connectivity index (χ0) is 19.5. The maximum atomic E-state index is 13.0. The van der Waals surface area contributed by atoms with Crippen LogP contribution in [0.1, 0.15) is 35.1 Å². The second kappa shape index (κ2) is 7.69. The first-order chi connectivity index (χ1) is 13.6. The molecule has 4 rings (SSSR count). The lowest BCUT2D eigenvalue weighted by molar-refractivity contribution is 0.102. The lowest BCUT2D eigenvalue weighted by Gasteiger charge is -2.02. The number of pyridine rings is 1. The molecule has 0 unspecified atom stereocenters. The van der Waals surface area contributed by atoms with Crippen LogP contribution in [0.5, 0.6) is 0 Å². The van der Waals surface area contributed by atoms with Gasteiger partial charge in [-0.3, -0.25) is 15.1 Å². The van der Waals surface area contributed by atoms with Gasteiger partial charge in [0.2, 0.25) is 5.13 Å². The van der Waals surface area contributed by atoms with Crippen molar-refractivity contribution < 1.29 is 4.79 Å². The fourth-order valence-electron chi connectivity index (χ4n) is 2.65. The number of nitrogens with one attached hydrogen (secondary N) is 1. The molecule has 0 radical (unpaired) electrons. The molecule has 0 aliphatic rings. The maximum Gasteiger partial charge on any atom is 0.261 e. The van der Waals surface area contributed by atoms with Gasteiger partial charge >= 0.3 is 0 Å². The number of rotatable bonds is 5. The van der Waals surface area contributed by atoms with Crippen LogP contribution in [0, 0.1) is 0 Å². The van der Waals surface area contributed by atoms with Crippen LogP contribution in [-0.4, -0.2) is 30.9 Å². The number of aromatic nitrogens is 5. The van der Waals surface area contributed by atoms with Crippen molar-refractivity contribution in [3.8, 4) is 16.9 Å². The van der Waals surface area contributed by atoms with Gasteiger partial charge in [0.15, 0.2) is 0 Å². The van der Waals surface area contributed by atoms with E-state index in [1.165, 1.54) is 11.3 Å². The molecule has 0 spiro atoms. The summed E-state index contributed by atoms with van der Waals surface area (Å²) >= 11 is 1.38. The zero-order valence-electron chi connectivity index (χ0n) is 15.4. The van der Waals surface area contributed by atoms with Crippen LogP contribution in [0.25, 0.3) is 16.9 Å². The predicted molar refractivity (Wildman–Crippen MR) is 109 cm³/mol. The molecule has 3 aromatic heterocycles. The number of anilines is 1. The summed E-state index contributed by atoms with van der Waals surface area (Å²) in [4.78, 5) is 17.1. The second-order valence-corrected chi connectivity index (χ2v) is 7.48. The third kappa shape index (κ3) is 3.67. The zero-order valence-corrected chi connectivity index (χ0v) is 16.2. The molecule has 1 N–H and O–H groups in total. The highest BCUT2D eigenvalue weighted by molar-refractivity contribution is 7.15. The van der Waals surface area contributed by atoms with E-state index in [-0.39, 0.29) is 11.8 Å². The molecule has 0 bridgehead atoms. The number of carbonyl (C=O) groups is 1. The minimum absolute atomic E-state index is 0.259.